The molecule has 3 fully saturated rings. The second-order valence-corrected chi connectivity index (χ2v) is 19.4. The number of carbonyl (C=O) groups is 4. The fraction of sp³-hybridized carbons (Fsp3) is 0.692. The number of nitrogens with zero attached hydrogens (tertiary/aromatic N) is 1. The Morgan fingerprint density at radius 1 is 0.939 bits per heavy atom. The van der Waals surface area contributed by atoms with E-state index in [1.54, 1.807) is 27.0 Å². The molecule has 1 saturated carbocycles. The number of Topliss-reactive ketones (excluding diaryl/α,β-unsaturated/α-hetero) is 2. The molecule has 2 saturated heterocycles. The Labute approximate surface area is 391 Å². The van der Waals surface area contributed by atoms with Crippen LogP contribution in [0, 0.1) is 35.4 Å². The maximum absolute atomic E-state index is 14.5. The molecule has 368 valence electrons. The van der Waals surface area contributed by atoms with Crippen molar-refractivity contribution in [2.75, 3.05) is 34.5 Å². The van der Waals surface area contributed by atoms with Gasteiger partial charge in [-0.25, -0.2) is 9.18 Å². The molecule has 1 aromatic carbocycles. The first-order chi connectivity index (χ1) is 31.4. The van der Waals surface area contributed by atoms with Crippen molar-refractivity contribution in [3.8, 4) is 0 Å². The van der Waals surface area contributed by atoms with E-state index >= 15 is 0 Å². The first kappa shape index (κ1) is 53.3. The summed E-state index contributed by atoms with van der Waals surface area (Å²) >= 11 is 0. The third kappa shape index (κ3) is 13.3. The number of esters is 1. The number of methoxy groups -OCH3 is 3. The Hall–Kier alpha value is -3.63. The highest BCUT2D eigenvalue weighted by Gasteiger charge is 2.56. The first-order valence-corrected chi connectivity index (χ1v) is 24.1. The molecule has 0 spiro atoms. The number of fused-ring (bicyclic) bond motifs is 3. The maximum Gasteiger partial charge on any atom is 0.329 e. The van der Waals surface area contributed by atoms with E-state index in [1.807, 2.05) is 51.1 Å². The van der Waals surface area contributed by atoms with E-state index in [4.69, 9.17) is 28.4 Å². The number of aliphatic hydroxyl groups excluding tert-OH is 1. The van der Waals surface area contributed by atoms with Gasteiger partial charge in [0.25, 0.3) is 11.7 Å². The van der Waals surface area contributed by atoms with Crippen molar-refractivity contribution < 1.29 is 62.2 Å². The van der Waals surface area contributed by atoms with Crippen molar-refractivity contribution in [2.24, 2.45) is 29.6 Å². The standard InChI is InChI=1S/C52H76FNO12/c1-10-38-24-31(2)23-32(3)25-45(62-8)48-46(63-9)27-34(5)52(60,66-48)49(57)50(58)54-21-12-11-18-40(54)51(59)65-47(35(6)41(55)30-42(38)56)33(4)26-37-19-20-43(44(29-37)61-7)64-22-14-16-36-15-13-17-39(53)28-36/h13-17,24,26,28,32,34-35,37-38,40-41,43-48,55,60H,10-12,18-23,25,27,29-30H2,1-9H3/b16-14+,31-24+,33-26+/t32-,34+,35+,37-,38+,40-,41-,43+,44+,45-,46-,47+,48+,52+/m0/s1. The molecule has 1 aromatic rings. The molecule has 3 aliphatic heterocycles. The molecule has 14 atom stereocenters. The van der Waals surface area contributed by atoms with Crippen LogP contribution in [0.1, 0.15) is 118 Å². The molecule has 2 bridgehead atoms. The van der Waals surface area contributed by atoms with Gasteiger partial charge in [-0.2, -0.15) is 0 Å². The van der Waals surface area contributed by atoms with Crippen LogP contribution in [-0.4, -0.2) is 128 Å². The van der Waals surface area contributed by atoms with Gasteiger partial charge in [0.15, 0.2) is 0 Å². The molecule has 0 radical (unpaired) electrons. The van der Waals surface area contributed by atoms with E-state index in [1.165, 1.54) is 31.3 Å². The number of cyclic esters (lactones) is 1. The van der Waals surface area contributed by atoms with Crippen molar-refractivity contribution >= 4 is 29.5 Å². The second kappa shape index (κ2) is 24.6. The number of halogens is 1. The van der Waals surface area contributed by atoms with Crippen molar-refractivity contribution in [3.63, 3.8) is 0 Å². The summed E-state index contributed by atoms with van der Waals surface area (Å²) in [4.78, 5) is 58.3. The molecule has 5 rings (SSSR count). The molecular weight excluding hydrogens is 850 g/mol. The zero-order valence-electron chi connectivity index (χ0n) is 40.6. The summed E-state index contributed by atoms with van der Waals surface area (Å²) in [6, 6.07) is 5.17. The molecular formula is C52H76FNO12. The Morgan fingerprint density at radius 3 is 2.33 bits per heavy atom. The summed E-state index contributed by atoms with van der Waals surface area (Å²) in [7, 11) is 4.71. The Kier molecular flexibility index (Phi) is 19.9. The topological polar surface area (TPSA) is 167 Å². The van der Waals surface area contributed by atoms with Crippen LogP contribution in [0.5, 0.6) is 0 Å². The summed E-state index contributed by atoms with van der Waals surface area (Å²) in [5, 5.41) is 23.9. The summed E-state index contributed by atoms with van der Waals surface area (Å²) in [5.74, 6) is -7.92. The number of carbonyl (C=O) groups excluding carboxylic acids is 4. The van der Waals surface area contributed by atoms with Gasteiger partial charge in [0, 0.05) is 52.0 Å². The van der Waals surface area contributed by atoms with Gasteiger partial charge in [-0.1, -0.05) is 69.7 Å². The summed E-state index contributed by atoms with van der Waals surface area (Å²) in [6.45, 7) is 11.6. The van der Waals surface area contributed by atoms with E-state index in [9.17, 15) is 33.8 Å². The molecule has 66 heavy (non-hydrogen) atoms. The number of hydrogen-bond acceptors (Lipinski definition) is 12. The lowest BCUT2D eigenvalue weighted by molar-refractivity contribution is -0.302. The van der Waals surface area contributed by atoms with Crippen LogP contribution in [0.15, 0.2) is 53.6 Å². The van der Waals surface area contributed by atoms with E-state index in [2.05, 4.69) is 6.92 Å². The molecule has 2 N–H and O–H groups in total. The monoisotopic (exact) mass is 926 g/mol. The lowest BCUT2D eigenvalue weighted by Gasteiger charge is -2.47. The third-order valence-corrected chi connectivity index (χ3v) is 14.4. The van der Waals surface area contributed by atoms with Crippen LogP contribution in [0.4, 0.5) is 4.39 Å². The number of benzene rings is 1. The van der Waals surface area contributed by atoms with Crippen LogP contribution < -0.4 is 0 Å². The molecule has 1 aliphatic carbocycles. The van der Waals surface area contributed by atoms with Crippen LogP contribution in [-0.2, 0) is 47.6 Å². The van der Waals surface area contributed by atoms with Crippen LogP contribution >= 0.6 is 0 Å². The number of ether oxygens (including phenoxy) is 6. The normalized spacial score (nSPS) is 37.2. The Balaban J connectivity index is 1.44. The highest BCUT2D eigenvalue weighted by Crippen LogP contribution is 2.39. The molecule has 13 nitrogen and oxygen atoms in total. The molecule has 1 amide bonds. The van der Waals surface area contributed by atoms with E-state index < -0.39 is 77.8 Å². The number of aliphatic hydroxyl groups is 2. The van der Waals surface area contributed by atoms with Crippen molar-refractivity contribution in [2.45, 2.75) is 167 Å². The number of amides is 1. The zero-order valence-corrected chi connectivity index (χ0v) is 40.6. The number of hydrogen-bond donors (Lipinski definition) is 2. The SMILES string of the molecule is CC[C@@H]1/C=C(\C)C[C@H](C)C[C@H](OC)[C@H]2O[C@@](O)(C(=O)C(=O)N3CCCC[C@H]3C(=O)O[C@H](/C(C)=C/[C@@H]3CC[C@@H](OC/C=C/c4cccc(F)c4)[C@H](OC)C3)[C@H](C)[C@@H](O)CC1=O)[C@H](C)C[C@@H]2OC. The largest absolute Gasteiger partial charge is 0.456 e. The van der Waals surface area contributed by atoms with Gasteiger partial charge in [0.1, 0.15) is 29.9 Å². The van der Waals surface area contributed by atoms with E-state index in [0.29, 0.717) is 57.1 Å². The minimum Gasteiger partial charge on any atom is -0.456 e. The number of ketones is 2. The average Bonchev–Trinajstić information content (AvgIpc) is 3.30. The Morgan fingerprint density at radius 2 is 1.65 bits per heavy atom. The van der Waals surface area contributed by atoms with Gasteiger partial charge in [-0.15, -0.1) is 0 Å². The molecule has 3 heterocycles. The van der Waals surface area contributed by atoms with Crippen molar-refractivity contribution in [1.82, 2.24) is 4.90 Å². The highest BCUT2D eigenvalue weighted by molar-refractivity contribution is 6.39. The quantitative estimate of drug-likeness (QED) is 0.136. The zero-order chi connectivity index (χ0) is 48.3. The highest BCUT2D eigenvalue weighted by atomic mass is 19.1. The van der Waals surface area contributed by atoms with Crippen molar-refractivity contribution in [3.05, 3.63) is 65.0 Å². The van der Waals surface area contributed by atoms with Gasteiger partial charge < -0.3 is 43.5 Å². The predicted molar refractivity (Wildman–Crippen MR) is 247 cm³/mol. The maximum atomic E-state index is 14.5. The van der Waals surface area contributed by atoms with Crippen molar-refractivity contribution in [1.29, 1.82) is 0 Å². The minimum atomic E-state index is -2.52. The molecule has 4 aliphatic rings. The van der Waals surface area contributed by atoms with Gasteiger partial charge in [-0.05, 0) is 113 Å². The van der Waals surface area contributed by atoms with Gasteiger partial charge in [0.05, 0.1) is 37.1 Å². The molecule has 14 heteroatoms. The number of allylic oxidation sites excluding steroid dienone is 3. The number of rotatable bonds is 10. The summed E-state index contributed by atoms with van der Waals surface area (Å²) in [5.41, 5.74) is 2.40. The average molecular weight is 926 g/mol. The minimum absolute atomic E-state index is 0.00438. The van der Waals surface area contributed by atoms with Crippen LogP contribution in [0.3, 0.4) is 0 Å². The smallest absolute Gasteiger partial charge is 0.329 e. The van der Waals surface area contributed by atoms with Gasteiger partial charge >= 0.3 is 5.97 Å². The fourth-order valence-corrected chi connectivity index (χ4v) is 10.5. The number of piperidine rings is 1. The second-order valence-electron chi connectivity index (χ2n) is 19.4. The first-order valence-electron chi connectivity index (χ1n) is 24.1. The van der Waals surface area contributed by atoms with E-state index in [-0.39, 0.29) is 61.5 Å². The van der Waals surface area contributed by atoms with Gasteiger partial charge in [0.2, 0.25) is 5.79 Å². The lowest BCUT2D eigenvalue weighted by atomic mass is 9.81. The fourth-order valence-electron chi connectivity index (χ4n) is 10.5. The summed E-state index contributed by atoms with van der Waals surface area (Å²) in [6.07, 6.45) is 8.01. The van der Waals surface area contributed by atoms with E-state index in [0.717, 1.165) is 17.6 Å². The Bertz CT molecular complexity index is 1900. The predicted octanol–water partition coefficient (Wildman–Crippen LogP) is 7.35. The van der Waals surface area contributed by atoms with Gasteiger partial charge in [-0.3, -0.25) is 14.4 Å². The lowest BCUT2D eigenvalue weighted by Crippen LogP contribution is -2.64. The molecule has 0 unspecified atom stereocenters. The van der Waals surface area contributed by atoms with Crippen LogP contribution in [0.2, 0.25) is 0 Å². The molecule has 0 aromatic heterocycles. The third-order valence-electron chi connectivity index (χ3n) is 14.4. The van der Waals surface area contributed by atoms with Crippen LogP contribution in [0.25, 0.3) is 6.08 Å². The summed E-state index contributed by atoms with van der Waals surface area (Å²) < 4.78 is 50.2.